The van der Waals surface area contributed by atoms with Crippen LogP contribution in [-0.4, -0.2) is 31.0 Å². The van der Waals surface area contributed by atoms with E-state index in [1.54, 1.807) is 18.2 Å². The van der Waals surface area contributed by atoms with Crippen molar-refractivity contribution in [2.24, 2.45) is 0 Å². The smallest absolute Gasteiger partial charge is 0.407 e. The third-order valence-corrected chi connectivity index (χ3v) is 3.60. The van der Waals surface area contributed by atoms with Gasteiger partial charge in [-0.1, -0.05) is 36.4 Å². The summed E-state index contributed by atoms with van der Waals surface area (Å²) in [5.74, 6) is 1.26. The minimum Gasteiger partial charge on any atom is -0.486 e. The van der Waals surface area contributed by atoms with Crippen LogP contribution >= 0.6 is 0 Å². The molecule has 0 spiro atoms. The first-order chi connectivity index (χ1) is 11.7. The van der Waals surface area contributed by atoms with Crippen LogP contribution in [0, 0.1) is 0 Å². The molecule has 0 unspecified atom stereocenters. The van der Waals surface area contributed by atoms with Gasteiger partial charge in [-0.05, 0) is 23.3 Å². The Morgan fingerprint density at radius 3 is 2.67 bits per heavy atom. The number of ether oxygens (including phenoxy) is 3. The van der Waals surface area contributed by atoms with Gasteiger partial charge in [0.1, 0.15) is 19.8 Å². The summed E-state index contributed by atoms with van der Waals surface area (Å²) < 4.78 is 16.0. The van der Waals surface area contributed by atoms with Crippen LogP contribution in [0.5, 0.6) is 11.5 Å². The lowest BCUT2D eigenvalue weighted by Gasteiger charge is -2.20. The molecule has 126 valence electrons. The van der Waals surface area contributed by atoms with Gasteiger partial charge in [0.05, 0.1) is 12.6 Å². The quantitative estimate of drug-likeness (QED) is 0.881. The van der Waals surface area contributed by atoms with Crippen LogP contribution in [0.4, 0.5) is 4.79 Å². The number of carbonyl (C=O) groups is 1. The summed E-state index contributed by atoms with van der Waals surface area (Å²) in [5, 5.41) is 12.7. The van der Waals surface area contributed by atoms with Crippen LogP contribution in [0.15, 0.2) is 48.5 Å². The molecule has 2 N–H and O–H groups in total. The van der Waals surface area contributed by atoms with Crippen LogP contribution in [0.25, 0.3) is 0 Å². The molecule has 0 aromatic heterocycles. The van der Waals surface area contributed by atoms with E-state index in [1.807, 2.05) is 30.3 Å². The van der Waals surface area contributed by atoms with Gasteiger partial charge in [-0.2, -0.15) is 0 Å². The number of fused-ring (bicyclic) bond motifs is 1. The molecule has 0 radical (unpaired) electrons. The Hall–Kier alpha value is -2.73. The van der Waals surface area contributed by atoms with Crippen molar-refractivity contribution in [1.82, 2.24) is 5.32 Å². The maximum absolute atomic E-state index is 11.7. The van der Waals surface area contributed by atoms with Gasteiger partial charge in [0.2, 0.25) is 0 Å². The second kappa shape index (κ2) is 7.70. The van der Waals surface area contributed by atoms with Crippen LogP contribution < -0.4 is 14.8 Å². The summed E-state index contributed by atoms with van der Waals surface area (Å²) in [6.07, 6.45) is -1.43. The highest BCUT2D eigenvalue weighted by Crippen LogP contribution is 2.32. The first kappa shape index (κ1) is 16.1. The Morgan fingerprint density at radius 2 is 1.88 bits per heavy atom. The van der Waals surface area contributed by atoms with Crippen molar-refractivity contribution >= 4 is 6.09 Å². The molecule has 6 heteroatoms. The van der Waals surface area contributed by atoms with Gasteiger partial charge in [0, 0.05) is 0 Å². The van der Waals surface area contributed by atoms with Gasteiger partial charge in [-0.15, -0.1) is 0 Å². The lowest BCUT2D eigenvalue weighted by Crippen LogP contribution is -2.29. The Kier molecular flexibility index (Phi) is 5.18. The minimum atomic E-state index is -0.856. The number of benzene rings is 2. The van der Waals surface area contributed by atoms with Gasteiger partial charge in [-0.3, -0.25) is 0 Å². The predicted molar refractivity (Wildman–Crippen MR) is 87.0 cm³/mol. The maximum Gasteiger partial charge on any atom is 0.407 e. The van der Waals surface area contributed by atoms with Crippen molar-refractivity contribution in [3.63, 3.8) is 0 Å². The van der Waals surface area contributed by atoms with E-state index in [0.717, 1.165) is 5.56 Å². The molecule has 1 aliphatic heterocycles. The molecule has 24 heavy (non-hydrogen) atoms. The lowest BCUT2D eigenvalue weighted by atomic mass is 10.1. The Bertz CT molecular complexity index is 689. The number of hydrogen-bond donors (Lipinski definition) is 2. The second-order valence-electron chi connectivity index (χ2n) is 5.36. The van der Waals surface area contributed by atoms with Crippen molar-refractivity contribution in [3.8, 4) is 11.5 Å². The summed E-state index contributed by atoms with van der Waals surface area (Å²) in [6, 6.07) is 14.6. The first-order valence-electron chi connectivity index (χ1n) is 7.74. The third kappa shape index (κ3) is 4.17. The monoisotopic (exact) mass is 329 g/mol. The van der Waals surface area contributed by atoms with E-state index < -0.39 is 12.2 Å². The van der Waals surface area contributed by atoms with E-state index in [-0.39, 0.29) is 13.2 Å². The highest BCUT2D eigenvalue weighted by atomic mass is 16.6. The highest BCUT2D eigenvalue weighted by molar-refractivity contribution is 5.67. The number of amides is 1. The fraction of sp³-hybridized carbons (Fsp3) is 0.278. The molecule has 3 rings (SSSR count). The van der Waals surface area contributed by atoms with Crippen molar-refractivity contribution in [1.29, 1.82) is 0 Å². The van der Waals surface area contributed by atoms with Gasteiger partial charge >= 0.3 is 6.09 Å². The van der Waals surface area contributed by atoms with Crippen molar-refractivity contribution in [2.45, 2.75) is 12.7 Å². The normalized spacial score (nSPS) is 13.9. The molecule has 0 saturated heterocycles. The molecule has 0 saturated carbocycles. The number of alkyl carbamates (subject to hydrolysis) is 1. The number of carbonyl (C=O) groups excluding carboxylic acids is 1. The van der Waals surface area contributed by atoms with Gasteiger partial charge in [0.15, 0.2) is 11.5 Å². The molecule has 0 fully saturated rings. The molecular formula is C18H19NO5. The molecule has 0 aliphatic carbocycles. The van der Waals surface area contributed by atoms with E-state index in [4.69, 9.17) is 14.2 Å². The van der Waals surface area contributed by atoms with E-state index in [9.17, 15) is 9.90 Å². The van der Waals surface area contributed by atoms with Crippen LogP contribution in [-0.2, 0) is 11.3 Å². The molecular weight excluding hydrogens is 310 g/mol. The minimum absolute atomic E-state index is 0.0489. The number of hydrogen-bond acceptors (Lipinski definition) is 5. The fourth-order valence-electron chi connectivity index (χ4n) is 2.34. The molecule has 1 heterocycles. The summed E-state index contributed by atoms with van der Waals surface area (Å²) >= 11 is 0. The fourth-order valence-corrected chi connectivity index (χ4v) is 2.34. The summed E-state index contributed by atoms with van der Waals surface area (Å²) in [5.41, 5.74) is 1.54. The zero-order valence-corrected chi connectivity index (χ0v) is 13.1. The first-order valence-corrected chi connectivity index (χ1v) is 7.74. The lowest BCUT2D eigenvalue weighted by molar-refractivity contribution is 0.125. The molecule has 0 bridgehead atoms. The second-order valence-corrected chi connectivity index (χ2v) is 5.36. The van der Waals surface area contributed by atoms with Crippen molar-refractivity contribution in [2.75, 3.05) is 19.8 Å². The van der Waals surface area contributed by atoms with E-state index >= 15 is 0 Å². The van der Waals surface area contributed by atoms with Gasteiger partial charge in [0.25, 0.3) is 0 Å². The topological polar surface area (TPSA) is 77.0 Å². The number of rotatable bonds is 5. The van der Waals surface area contributed by atoms with E-state index in [0.29, 0.717) is 30.3 Å². The molecule has 1 aliphatic rings. The average Bonchev–Trinajstić information content (AvgIpc) is 2.65. The number of aliphatic hydroxyl groups excluding tert-OH is 1. The molecule has 6 nitrogen and oxygen atoms in total. The summed E-state index contributed by atoms with van der Waals surface area (Å²) in [6.45, 7) is 1.24. The average molecular weight is 329 g/mol. The molecule has 1 amide bonds. The molecule has 2 aromatic rings. The van der Waals surface area contributed by atoms with E-state index in [1.165, 1.54) is 0 Å². The highest BCUT2D eigenvalue weighted by Gasteiger charge is 2.16. The maximum atomic E-state index is 11.7. The van der Waals surface area contributed by atoms with E-state index in [2.05, 4.69) is 5.32 Å². The third-order valence-electron chi connectivity index (χ3n) is 3.60. The summed E-state index contributed by atoms with van der Waals surface area (Å²) in [7, 11) is 0. The Labute approximate surface area is 140 Å². The zero-order valence-electron chi connectivity index (χ0n) is 13.1. The Balaban J connectivity index is 1.48. The molecule has 1 atom stereocenters. The zero-order chi connectivity index (χ0) is 16.8. The SMILES string of the molecule is O=C(NC[C@H](O)c1ccc2c(c1)OCCO2)OCc1ccccc1. The predicted octanol–water partition coefficient (Wildman–Crippen LogP) is 2.42. The summed E-state index contributed by atoms with van der Waals surface area (Å²) in [4.78, 5) is 11.7. The van der Waals surface area contributed by atoms with Crippen molar-refractivity contribution < 1.29 is 24.1 Å². The molecule has 2 aromatic carbocycles. The standard InChI is InChI=1S/C18H19NO5/c20-15(14-6-7-16-17(10-14)23-9-8-22-16)11-19-18(21)24-12-13-4-2-1-3-5-13/h1-7,10,15,20H,8-9,11-12H2,(H,19,21)/t15-/m0/s1. The van der Waals surface area contributed by atoms with Crippen LogP contribution in [0.2, 0.25) is 0 Å². The van der Waals surface area contributed by atoms with Gasteiger partial charge < -0.3 is 24.6 Å². The van der Waals surface area contributed by atoms with Crippen molar-refractivity contribution in [3.05, 3.63) is 59.7 Å². The number of nitrogens with one attached hydrogen (secondary N) is 1. The largest absolute Gasteiger partial charge is 0.486 e. The van der Waals surface area contributed by atoms with Crippen LogP contribution in [0.1, 0.15) is 17.2 Å². The van der Waals surface area contributed by atoms with Crippen LogP contribution in [0.3, 0.4) is 0 Å². The van der Waals surface area contributed by atoms with Gasteiger partial charge in [-0.25, -0.2) is 4.79 Å². The Morgan fingerprint density at radius 1 is 1.12 bits per heavy atom. The number of aliphatic hydroxyl groups is 1.